The standard InChI is InChI=1S/C20H17F3N2O/c1-26-19-6-5-14(13-3-2-4-16(9-13)20(21,22)23)11-18(19)15-7-8-25-17(10-15)12-24/h2-11H,12,24H2,1H3. The summed E-state index contributed by atoms with van der Waals surface area (Å²) in [5, 5.41) is 0. The van der Waals surface area contributed by atoms with Crippen molar-refractivity contribution >= 4 is 0 Å². The maximum atomic E-state index is 13.0. The van der Waals surface area contributed by atoms with Gasteiger partial charge in [-0.05, 0) is 53.1 Å². The molecule has 3 nitrogen and oxygen atoms in total. The SMILES string of the molecule is COc1ccc(-c2cccc(C(F)(F)F)c2)cc1-c1ccnc(CN)c1. The number of hydrogen-bond donors (Lipinski definition) is 1. The predicted molar refractivity (Wildman–Crippen MR) is 94.6 cm³/mol. The Hall–Kier alpha value is -2.86. The average Bonchev–Trinajstić information content (AvgIpc) is 2.67. The van der Waals surface area contributed by atoms with Gasteiger partial charge in [-0.3, -0.25) is 4.98 Å². The summed E-state index contributed by atoms with van der Waals surface area (Å²) in [7, 11) is 1.55. The van der Waals surface area contributed by atoms with Crippen LogP contribution in [0.4, 0.5) is 13.2 Å². The highest BCUT2D eigenvalue weighted by Gasteiger charge is 2.30. The van der Waals surface area contributed by atoms with Gasteiger partial charge in [0.05, 0.1) is 18.4 Å². The van der Waals surface area contributed by atoms with Crippen LogP contribution in [-0.4, -0.2) is 12.1 Å². The summed E-state index contributed by atoms with van der Waals surface area (Å²) in [6.07, 6.45) is -2.74. The molecule has 1 heterocycles. The largest absolute Gasteiger partial charge is 0.496 e. The Kier molecular flexibility index (Phi) is 4.95. The average molecular weight is 358 g/mol. The summed E-state index contributed by atoms with van der Waals surface area (Å²) >= 11 is 0. The number of alkyl halides is 3. The second kappa shape index (κ2) is 7.17. The van der Waals surface area contributed by atoms with Crippen molar-refractivity contribution in [3.63, 3.8) is 0 Å². The van der Waals surface area contributed by atoms with Gasteiger partial charge in [-0.1, -0.05) is 18.2 Å². The number of aromatic nitrogens is 1. The second-order valence-corrected chi connectivity index (χ2v) is 5.73. The summed E-state index contributed by atoms with van der Waals surface area (Å²) in [5.41, 5.74) is 8.43. The van der Waals surface area contributed by atoms with Crippen LogP contribution >= 0.6 is 0 Å². The number of ether oxygens (including phenoxy) is 1. The first kappa shape index (κ1) is 17.9. The van der Waals surface area contributed by atoms with E-state index in [0.29, 0.717) is 29.1 Å². The minimum absolute atomic E-state index is 0.295. The molecule has 0 fully saturated rings. The van der Waals surface area contributed by atoms with Crippen LogP contribution in [0.25, 0.3) is 22.3 Å². The first-order chi connectivity index (χ1) is 12.4. The third kappa shape index (κ3) is 3.70. The number of pyridine rings is 1. The quantitative estimate of drug-likeness (QED) is 0.721. The number of halogens is 3. The van der Waals surface area contributed by atoms with Crippen LogP contribution in [0.1, 0.15) is 11.3 Å². The molecule has 6 heteroatoms. The van der Waals surface area contributed by atoms with Crippen molar-refractivity contribution < 1.29 is 17.9 Å². The highest BCUT2D eigenvalue weighted by Crippen LogP contribution is 2.36. The van der Waals surface area contributed by atoms with Crippen LogP contribution < -0.4 is 10.5 Å². The summed E-state index contributed by atoms with van der Waals surface area (Å²) < 4.78 is 44.4. The number of nitrogens with two attached hydrogens (primary N) is 1. The molecule has 134 valence electrons. The summed E-state index contributed by atoms with van der Waals surface area (Å²) in [6, 6.07) is 14.2. The third-order valence-electron chi connectivity index (χ3n) is 4.06. The molecule has 2 aromatic carbocycles. The van der Waals surface area contributed by atoms with Crippen molar-refractivity contribution in [2.45, 2.75) is 12.7 Å². The van der Waals surface area contributed by atoms with Crippen LogP contribution in [0.2, 0.25) is 0 Å². The highest BCUT2D eigenvalue weighted by atomic mass is 19.4. The smallest absolute Gasteiger partial charge is 0.416 e. The Balaban J connectivity index is 2.11. The Morgan fingerprint density at radius 2 is 1.73 bits per heavy atom. The first-order valence-corrected chi connectivity index (χ1v) is 7.93. The number of rotatable bonds is 4. The van der Waals surface area contributed by atoms with E-state index in [9.17, 15) is 13.2 Å². The van der Waals surface area contributed by atoms with Gasteiger partial charge in [-0.2, -0.15) is 13.2 Å². The van der Waals surface area contributed by atoms with E-state index < -0.39 is 11.7 Å². The molecular formula is C20H17F3N2O. The number of hydrogen-bond acceptors (Lipinski definition) is 3. The Labute approximate surface area is 149 Å². The molecule has 0 amide bonds. The summed E-state index contributed by atoms with van der Waals surface area (Å²) in [5.74, 6) is 0.620. The van der Waals surface area contributed by atoms with Gasteiger partial charge in [0.1, 0.15) is 5.75 Å². The molecule has 0 atom stereocenters. The molecule has 3 aromatic rings. The lowest BCUT2D eigenvalue weighted by atomic mass is 9.97. The maximum absolute atomic E-state index is 13.0. The summed E-state index contributed by atoms with van der Waals surface area (Å²) in [4.78, 5) is 4.17. The van der Waals surface area contributed by atoms with Crippen molar-refractivity contribution in [3.8, 4) is 28.0 Å². The van der Waals surface area contributed by atoms with Gasteiger partial charge in [0, 0.05) is 18.3 Å². The van der Waals surface area contributed by atoms with Gasteiger partial charge >= 0.3 is 6.18 Å². The fraction of sp³-hybridized carbons (Fsp3) is 0.150. The lowest BCUT2D eigenvalue weighted by Crippen LogP contribution is -2.04. The fourth-order valence-corrected chi connectivity index (χ4v) is 2.75. The number of methoxy groups -OCH3 is 1. The Morgan fingerprint density at radius 1 is 0.962 bits per heavy atom. The monoisotopic (exact) mass is 358 g/mol. The van der Waals surface area contributed by atoms with Gasteiger partial charge in [-0.15, -0.1) is 0 Å². The van der Waals surface area contributed by atoms with Crippen molar-refractivity contribution in [2.24, 2.45) is 5.73 Å². The molecule has 0 unspecified atom stereocenters. The fourth-order valence-electron chi connectivity index (χ4n) is 2.75. The van der Waals surface area contributed by atoms with Crippen LogP contribution in [-0.2, 0) is 12.7 Å². The van der Waals surface area contributed by atoms with E-state index in [0.717, 1.165) is 23.3 Å². The van der Waals surface area contributed by atoms with Crippen molar-refractivity contribution in [1.82, 2.24) is 4.98 Å². The zero-order valence-corrected chi connectivity index (χ0v) is 14.0. The molecule has 0 saturated carbocycles. The molecule has 0 bridgehead atoms. The van der Waals surface area contributed by atoms with E-state index in [1.54, 1.807) is 31.5 Å². The predicted octanol–water partition coefficient (Wildman–Crippen LogP) is 4.90. The lowest BCUT2D eigenvalue weighted by Gasteiger charge is -2.13. The Bertz CT molecular complexity index is 923. The van der Waals surface area contributed by atoms with Crippen LogP contribution in [0.3, 0.4) is 0 Å². The Morgan fingerprint density at radius 3 is 2.42 bits per heavy atom. The van der Waals surface area contributed by atoms with E-state index in [1.807, 2.05) is 18.2 Å². The number of benzene rings is 2. The molecule has 26 heavy (non-hydrogen) atoms. The molecule has 0 aliphatic carbocycles. The zero-order chi connectivity index (χ0) is 18.7. The van der Waals surface area contributed by atoms with Crippen LogP contribution in [0.15, 0.2) is 60.8 Å². The van der Waals surface area contributed by atoms with Crippen molar-refractivity contribution in [2.75, 3.05) is 7.11 Å². The van der Waals surface area contributed by atoms with Crippen molar-refractivity contribution in [1.29, 1.82) is 0 Å². The van der Waals surface area contributed by atoms with Gasteiger partial charge < -0.3 is 10.5 Å². The molecule has 0 saturated heterocycles. The van der Waals surface area contributed by atoms with E-state index in [1.165, 1.54) is 6.07 Å². The molecule has 2 N–H and O–H groups in total. The first-order valence-electron chi connectivity index (χ1n) is 7.93. The minimum Gasteiger partial charge on any atom is -0.496 e. The normalized spacial score (nSPS) is 11.4. The minimum atomic E-state index is -4.38. The van der Waals surface area contributed by atoms with Gasteiger partial charge in [-0.25, -0.2) is 0 Å². The lowest BCUT2D eigenvalue weighted by molar-refractivity contribution is -0.137. The molecule has 0 spiro atoms. The summed E-state index contributed by atoms with van der Waals surface area (Å²) in [6.45, 7) is 0.295. The van der Waals surface area contributed by atoms with E-state index >= 15 is 0 Å². The third-order valence-corrected chi connectivity index (χ3v) is 4.06. The second-order valence-electron chi connectivity index (χ2n) is 5.73. The van der Waals surface area contributed by atoms with Crippen molar-refractivity contribution in [3.05, 3.63) is 72.1 Å². The van der Waals surface area contributed by atoms with Gasteiger partial charge in [0.2, 0.25) is 0 Å². The molecular weight excluding hydrogens is 341 g/mol. The topological polar surface area (TPSA) is 48.1 Å². The highest BCUT2D eigenvalue weighted by molar-refractivity contribution is 5.78. The van der Waals surface area contributed by atoms with Gasteiger partial charge in [0.15, 0.2) is 0 Å². The van der Waals surface area contributed by atoms with E-state index in [4.69, 9.17) is 10.5 Å². The molecule has 3 rings (SSSR count). The molecule has 0 radical (unpaired) electrons. The molecule has 0 aliphatic heterocycles. The molecule has 0 aliphatic rings. The number of nitrogens with zero attached hydrogens (tertiary/aromatic N) is 1. The zero-order valence-electron chi connectivity index (χ0n) is 14.0. The van der Waals surface area contributed by atoms with Crippen LogP contribution in [0, 0.1) is 0 Å². The van der Waals surface area contributed by atoms with Crippen LogP contribution in [0.5, 0.6) is 5.75 Å². The van der Waals surface area contributed by atoms with E-state index in [2.05, 4.69) is 4.98 Å². The van der Waals surface area contributed by atoms with E-state index in [-0.39, 0.29) is 0 Å². The van der Waals surface area contributed by atoms with Gasteiger partial charge in [0.25, 0.3) is 0 Å². The maximum Gasteiger partial charge on any atom is 0.416 e. The molecule has 1 aromatic heterocycles.